The average Bonchev–Trinajstić information content (AvgIpc) is 2.99. The van der Waals surface area contributed by atoms with Crippen LogP contribution < -0.4 is 10.2 Å². The van der Waals surface area contributed by atoms with Crippen LogP contribution in [-0.2, 0) is 6.54 Å². The lowest BCUT2D eigenvalue weighted by molar-refractivity contribution is 0.577. The van der Waals surface area contributed by atoms with Crippen LogP contribution in [0.4, 0.5) is 5.13 Å². The summed E-state index contributed by atoms with van der Waals surface area (Å²) >= 11 is 1.85. The number of hydrogen-bond acceptors (Lipinski definition) is 4. The topological polar surface area (TPSA) is 28.2 Å². The van der Waals surface area contributed by atoms with Crippen LogP contribution in [0.5, 0.6) is 0 Å². The van der Waals surface area contributed by atoms with Crippen LogP contribution >= 0.6 is 11.3 Å². The molecule has 0 spiro atoms. The maximum atomic E-state index is 4.96. The Hall–Kier alpha value is -1.39. The molecule has 4 heteroatoms. The van der Waals surface area contributed by atoms with Crippen molar-refractivity contribution < 1.29 is 0 Å². The van der Waals surface area contributed by atoms with Gasteiger partial charge in [0.1, 0.15) is 0 Å². The first kappa shape index (κ1) is 14.5. The molecule has 1 aromatic heterocycles. The Kier molecular flexibility index (Phi) is 4.88. The van der Waals surface area contributed by atoms with E-state index >= 15 is 0 Å². The van der Waals surface area contributed by atoms with Gasteiger partial charge in [0.2, 0.25) is 0 Å². The quantitative estimate of drug-likeness (QED) is 0.907. The second-order valence-corrected chi connectivity index (χ2v) is 6.52. The molecule has 0 saturated carbocycles. The van der Waals surface area contributed by atoms with Gasteiger partial charge in [0.25, 0.3) is 0 Å². The predicted octanol–water partition coefficient (Wildman–Crippen LogP) is 3.91. The molecule has 3 nitrogen and oxygen atoms in total. The number of hydrogen-bond donors (Lipinski definition) is 1. The molecule has 0 radical (unpaired) electrons. The number of benzene rings is 1. The molecule has 1 saturated heterocycles. The van der Waals surface area contributed by atoms with Gasteiger partial charge in [-0.3, -0.25) is 0 Å². The molecule has 3 rings (SSSR count). The van der Waals surface area contributed by atoms with Gasteiger partial charge in [-0.25, -0.2) is 4.98 Å². The number of piperidine rings is 1. The van der Waals surface area contributed by atoms with Crippen LogP contribution in [-0.4, -0.2) is 24.6 Å². The fourth-order valence-electron chi connectivity index (χ4n) is 2.74. The number of nitrogens with zero attached hydrogens (tertiary/aromatic N) is 2. The van der Waals surface area contributed by atoms with Crippen molar-refractivity contribution in [2.24, 2.45) is 0 Å². The molecule has 1 fully saturated rings. The fraction of sp³-hybridized carbons (Fsp3) is 0.471. The summed E-state index contributed by atoms with van der Waals surface area (Å²) in [5.41, 5.74) is 2.38. The predicted molar refractivity (Wildman–Crippen MR) is 91.0 cm³/mol. The third-order valence-corrected chi connectivity index (χ3v) is 5.01. The first-order chi connectivity index (χ1) is 10.4. The van der Waals surface area contributed by atoms with Crippen molar-refractivity contribution in [3.63, 3.8) is 0 Å². The highest BCUT2D eigenvalue weighted by Gasteiger charge is 2.18. The molecule has 2 heterocycles. The molecule has 0 amide bonds. The van der Waals surface area contributed by atoms with Gasteiger partial charge >= 0.3 is 0 Å². The van der Waals surface area contributed by atoms with Crippen LogP contribution in [0.1, 0.15) is 31.1 Å². The van der Waals surface area contributed by atoms with Crippen molar-refractivity contribution in [2.75, 3.05) is 24.5 Å². The van der Waals surface area contributed by atoms with E-state index in [1.54, 1.807) is 0 Å². The van der Waals surface area contributed by atoms with Gasteiger partial charge in [-0.15, -0.1) is 0 Å². The lowest BCUT2D eigenvalue weighted by atomic mass is 10.1. The Morgan fingerprint density at radius 2 is 1.90 bits per heavy atom. The molecule has 1 aromatic carbocycles. The normalized spacial score (nSPS) is 15.4. The van der Waals surface area contributed by atoms with Gasteiger partial charge in [-0.05, 0) is 25.8 Å². The Morgan fingerprint density at radius 1 is 1.14 bits per heavy atom. The van der Waals surface area contributed by atoms with E-state index in [9.17, 15) is 0 Å². The lowest BCUT2D eigenvalue weighted by Crippen LogP contribution is -2.29. The van der Waals surface area contributed by atoms with Crippen molar-refractivity contribution in [3.8, 4) is 11.3 Å². The van der Waals surface area contributed by atoms with Crippen LogP contribution in [0, 0.1) is 0 Å². The number of nitrogens with one attached hydrogen (secondary N) is 1. The lowest BCUT2D eigenvalue weighted by Gasteiger charge is -2.25. The molecular formula is C17H23N3S. The summed E-state index contributed by atoms with van der Waals surface area (Å²) in [5.74, 6) is 0. The summed E-state index contributed by atoms with van der Waals surface area (Å²) in [6.45, 7) is 6.36. The highest BCUT2D eigenvalue weighted by molar-refractivity contribution is 7.16. The minimum Gasteiger partial charge on any atom is -0.348 e. The first-order valence-corrected chi connectivity index (χ1v) is 8.71. The third kappa shape index (κ3) is 3.44. The zero-order valence-corrected chi connectivity index (χ0v) is 13.5. The Bertz CT molecular complexity index is 559. The summed E-state index contributed by atoms with van der Waals surface area (Å²) in [4.78, 5) is 8.77. The van der Waals surface area contributed by atoms with Crippen molar-refractivity contribution in [3.05, 3.63) is 35.2 Å². The largest absolute Gasteiger partial charge is 0.348 e. The van der Waals surface area contributed by atoms with E-state index in [1.807, 2.05) is 11.3 Å². The second-order valence-electron chi connectivity index (χ2n) is 5.46. The molecule has 0 atom stereocenters. The summed E-state index contributed by atoms with van der Waals surface area (Å²) in [6.07, 6.45) is 3.95. The van der Waals surface area contributed by atoms with Gasteiger partial charge in [0.05, 0.1) is 5.69 Å². The zero-order chi connectivity index (χ0) is 14.5. The summed E-state index contributed by atoms with van der Waals surface area (Å²) in [5, 5.41) is 4.64. The number of aromatic nitrogens is 1. The monoisotopic (exact) mass is 301 g/mol. The maximum Gasteiger partial charge on any atom is 0.186 e. The Labute approximate surface area is 131 Å². The molecule has 1 N–H and O–H groups in total. The molecule has 112 valence electrons. The molecule has 2 aromatic rings. The molecule has 21 heavy (non-hydrogen) atoms. The average molecular weight is 301 g/mol. The smallest absolute Gasteiger partial charge is 0.186 e. The van der Waals surface area contributed by atoms with Crippen LogP contribution in [0.15, 0.2) is 30.3 Å². The standard InChI is InChI=1S/C17H23N3S/c1-2-18-13-15-16(14-9-5-3-6-10-14)19-17(21-15)20-11-7-4-8-12-20/h3,5-6,9-10,18H,2,4,7-8,11-13H2,1H3. The fourth-order valence-corrected chi connectivity index (χ4v) is 3.84. The van der Waals surface area contributed by atoms with E-state index in [4.69, 9.17) is 4.98 Å². The highest BCUT2D eigenvalue weighted by atomic mass is 32.1. The Morgan fingerprint density at radius 3 is 2.62 bits per heavy atom. The van der Waals surface area contributed by atoms with Crippen LogP contribution in [0.3, 0.4) is 0 Å². The summed E-state index contributed by atoms with van der Waals surface area (Å²) < 4.78 is 0. The van der Waals surface area contributed by atoms with Gasteiger partial charge in [-0.2, -0.15) is 0 Å². The van der Waals surface area contributed by atoms with Crippen LogP contribution in [0.25, 0.3) is 11.3 Å². The zero-order valence-electron chi connectivity index (χ0n) is 12.6. The summed E-state index contributed by atoms with van der Waals surface area (Å²) in [7, 11) is 0. The van der Waals surface area contributed by atoms with Gasteiger partial charge in [0.15, 0.2) is 5.13 Å². The van der Waals surface area contributed by atoms with E-state index in [2.05, 4.69) is 47.5 Å². The van der Waals surface area contributed by atoms with Crippen molar-refractivity contribution >= 4 is 16.5 Å². The maximum absolute atomic E-state index is 4.96. The number of anilines is 1. The second kappa shape index (κ2) is 7.05. The minimum absolute atomic E-state index is 0.909. The van der Waals surface area contributed by atoms with Crippen molar-refractivity contribution in [1.29, 1.82) is 0 Å². The third-order valence-electron chi connectivity index (χ3n) is 3.90. The van der Waals surface area contributed by atoms with Gasteiger partial charge < -0.3 is 10.2 Å². The molecule has 0 aliphatic carbocycles. The molecule has 1 aliphatic rings. The van der Waals surface area contributed by atoms with E-state index in [0.29, 0.717) is 0 Å². The van der Waals surface area contributed by atoms with Gasteiger partial charge in [-0.1, -0.05) is 48.6 Å². The van der Waals surface area contributed by atoms with Gasteiger partial charge in [0, 0.05) is 30.1 Å². The van der Waals surface area contributed by atoms with E-state index < -0.39 is 0 Å². The number of rotatable bonds is 5. The van der Waals surface area contributed by atoms with Crippen molar-refractivity contribution in [1.82, 2.24) is 10.3 Å². The van der Waals surface area contributed by atoms with E-state index in [0.717, 1.165) is 31.9 Å². The highest BCUT2D eigenvalue weighted by Crippen LogP contribution is 2.34. The van der Waals surface area contributed by atoms with E-state index in [-0.39, 0.29) is 0 Å². The molecule has 1 aliphatic heterocycles. The summed E-state index contributed by atoms with van der Waals surface area (Å²) in [6, 6.07) is 10.6. The first-order valence-electron chi connectivity index (χ1n) is 7.89. The van der Waals surface area contributed by atoms with E-state index in [1.165, 1.54) is 34.8 Å². The minimum atomic E-state index is 0.909. The SMILES string of the molecule is CCNCc1sc(N2CCCCC2)nc1-c1ccccc1. The molecular weight excluding hydrogens is 278 g/mol. The molecule has 0 unspecified atom stereocenters. The number of thiazole rings is 1. The molecule has 0 bridgehead atoms. The van der Waals surface area contributed by atoms with Crippen LogP contribution in [0.2, 0.25) is 0 Å². The van der Waals surface area contributed by atoms with Crippen molar-refractivity contribution in [2.45, 2.75) is 32.7 Å². The Balaban J connectivity index is 1.90.